The SMILES string of the molecule is COC(=O)c1c(NC(=O)C23CC4CC(CC(C4)C2)C3)sc2c1CC[C@H](C(C)(C)C)C2. The number of carbonyl (C=O) groups excluding carboxylic acids is 2. The van der Waals surface area contributed by atoms with Crippen LogP contribution < -0.4 is 5.32 Å². The van der Waals surface area contributed by atoms with Gasteiger partial charge in [0.05, 0.1) is 18.1 Å². The predicted octanol–water partition coefficient (Wildman–Crippen LogP) is 5.84. The van der Waals surface area contributed by atoms with Crippen molar-refractivity contribution >= 4 is 28.2 Å². The van der Waals surface area contributed by atoms with E-state index in [2.05, 4.69) is 26.1 Å². The van der Waals surface area contributed by atoms with Crippen LogP contribution >= 0.6 is 11.3 Å². The van der Waals surface area contributed by atoms with E-state index in [-0.39, 0.29) is 22.7 Å². The van der Waals surface area contributed by atoms with Crippen molar-refractivity contribution in [2.45, 2.75) is 78.6 Å². The minimum absolute atomic E-state index is 0.165. The first kappa shape index (κ1) is 20.5. The van der Waals surface area contributed by atoms with Crippen molar-refractivity contribution in [2.24, 2.45) is 34.5 Å². The second kappa shape index (κ2) is 7.08. The molecule has 0 aromatic carbocycles. The number of fused-ring (bicyclic) bond motifs is 1. The summed E-state index contributed by atoms with van der Waals surface area (Å²) in [7, 11) is 1.44. The van der Waals surface area contributed by atoms with Gasteiger partial charge in [0, 0.05) is 4.88 Å². The second-order valence-corrected chi connectivity index (χ2v) is 12.8. The lowest BCUT2D eigenvalue weighted by Crippen LogP contribution is -2.51. The Bertz CT molecular complexity index is 842. The molecule has 30 heavy (non-hydrogen) atoms. The van der Waals surface area contributed by atoms with Gasteiger partial charge >= 0.3 is 5.97 Å². The third-order valence-corrected chi connectivity index (χ3v) is 9.80. The van der Waals surface area contributed by atoms with Crippen molar-refractivity contribution in [1.29, 1.82) is 0 Å². The molecule has 1 amide bonds. The lowest BCUT2D eigenvalue weighted by Gasteiger charge is -2.55. The number of carbonyl (C=O) groups is 2. The Balaban J connectivity index is 1.44. The van der Waals surface area contributed by atoms with Gasteiger partial charge in [0.25, 0.3) is 0 Å². The summed E-state index contributed by atoms with van der Waals surface area (Å²) >= 11 is 1.63. The average molecular weight is 430 g/mol. The Morgan fingerprint density at radius 2 is 1.67 bits per heavy atom. The first-order chi connectivity index (χ1) is 14.2. The van der Waals surface area contributed by atoms with Gasteiger partial charge in [-0.05, 0) is 92.4 Å². The summed E-state index contributed by atoms with van der Waals surface area (Å²) in [6.45, 7) is 6.90. The molecule has 0 unspecified atom stereocenters. The zero-order valence-electron chi connectivity index (χ0n) is 18.8. The number of thiophene rings is 1. The zero-order chi connectivity index (χ0) is 21.3. The Hall–Kier alpha value is -1.36. The number of hydrogen-bond acceptors (Lipinski definition) is 4. The zero-order valence-corrected chi connectivity index (χ0v) is 19.6. The average Bonchev–Trinajstić information content (AvgIpc) is 3.02. The molecule has 0 aliphatic heterocycles. The van der Waals surface area contributed by atoms with Gasteiger partial charge in [0.15, 0.2) is 0 Å². The van der Waals surface area contributed by atoms with Crippen LogP contribution in [0.2, 0.25) is 0 Å². The van der Waals surface area contributed by atoms with Crippen molar-refractivity contribution in [2.75, 3.05) is 12.4 Å². The van der Waals surface area contributed by atoms with Crippen LogP contribution in [0.1, 0.15) is 86.5 Å². The predicted molar refractivity (Wildman–Crippen MR) is 120 cm³/mol. The van der Waals surface area contributed by atoms with Crippen LogP contribution in [0.3, 0.4) is 0 Å². The van der Waals surface area contributed by atoms with Gasteiger partial charge in [-0.25, -0.2) is 4.79 Å². The lowest BCUT2D eigenvalue weighted by atomic mass is 9.49. The van der Waals surface area contributed by atoms with Crippen molar-refractivity contribution in [3.63, 3.8) is 0 Å². The quantitative estimate of drug-likeness (QED) is 0.614. The van der Waals surface area contributed by atoms with Crippen molar-refractivity contribution < 1.29 is 14.3 Å². The number of methoxy groups -OCH3 is 1. The smallest absolute Gasteiger partial charge is 0.341 e. The molecule has 4 bridgehead atoms. The molecule has 1 heterocycles. The topological polar surface area (TPSA) is 55.4 Å². The fourth-order valence-electron chi connectivity index (χ4n) is 7.36. The van der Waals surface area contributed by atoms with Crippen LogP contribution in [0.15, 0.2) is 0 Å². The van der Waals surface area contributed by atoms with Crippen molar-refractivity contribution in [3.05, 3.63) is 16.0 Å². The maximum atomic E-state index is 13.6. The fourth-order valence-corrected chi connectivity index (χ4v) is 8.67. The monoisotopic (exact) mass is 429 g/mol. The van der Waals surface area contributed by atoms with E-state index in [4.69, 9.17) is 4.74 Å². The van der Waals surface area contributed by atoms with Crippen molar-refractivity contribution in [1.82, 2.24) is 0 Å². The fraction of sp³-hybridized carbons (Fsp3) is 0.760. The molecule has 6 rings (SSSR count). The van der Waals surface area contributed by atoms with Crippen LogP contribution in [-0.2, 0) is 22.4 Å². The number of ether oxygens (including phenoxy) is 1. The maximum absolute atomic E-state index is 13.6. The molecule has 164 valence electrons. The van der Waals surface area contributed by atoms with E-state index in [1.807, 2.05) is 0 Å². The molecule has 0 spiro atoms. The van der Waals surface area contributed by atoms with Crippen LogP contribution in [-0.4, -0.2) is 19.0 Å². The van der Waals surface area contributed by atoms with Crippen LogP contribution in [0.5, 0.6) is 0 Å². The molecule has 1 aromatic heterocycles. The van der Waals surface area contributed by atoms with E-state index in [9.17, 15) is 9.59 Å². The van der Waals surface area contributed by atoms with Crippen molar-refractivity contribution in [3.8, 4) is 0 Å². The Morgan fingerprint density at radius 1 is 1.07 bits per heavy atom. The molecule has 4 fully saturated rings. The minimum atomic E-state index is -0.303. The second-order valence-electron chi connectivity index (χ2n) is 11.7. The van der Waals surface area contributed by atoms with Gasteiger partial charge in [-0.15, -0.1) is 11.3 Å². The summed E-state index contributed by atoms with van der Waals surface area (Å²) in [4.78, 5) is 27.6. The highest BCUT2D eigenvalue weighted by atomic mass is 32.1. The molecular weight excluding hydrogens is 394 g/mol. The van der Waals surface area contributed by atoms with Gasteiger partial charge in [-0.3, -0.25) is 4.79 Å². The standard InChI is InChI=1S/C25H35NO3S/c1-24(2,3)17-5-6-18-19(10-17)30-21(20(18)22(27)29-4)26-23(28)25-11-14-7-15(12-25)9-16(8-14)13-25/h14-17H,5-13H2,1-4H3,(H,26,28)/t14?,15?,16?,17-,25?/m0/s1. The van der Waals surface area contributed by atoms with Gasteiger partial charge in [-0.1, -0.05) is 20.8 Å². The normalized spacial score (nSPS) is 34.5. The summed E-state index contributed by atoms with van der Waals surface area (Å²) < 4.78 is 5.14. The van der Waals surface area contributed by atoms with Gasteiger partial charge in [0.1, 0.15) is 5.00 Å². The highest BCUT2D eigenvalue weighted by Crippen LogP contribution is 2.60. The van der Waals surface area contributed by atoms with E-state index in [0.29, 0.717) is 11.5 Å². The van der Waals surface area contributed by atoms with E-state index in [1.54, 1.807) is 11.3 Å². The first-order valence-electron chi connectivity index (χ1n) is 11.7. The highest BCUT2D eigenvalue weighted by molar-refractivity contribution is 7.17. The largest absolute Gasteiger partial charge is 0.465 e. The summed E-state index contributed by atoms with van der Waals surface area (Å²) in [6.07, 6.45) is 10.0. The molecule has 5 aliphatic carbocycles. The van der Waals surface area contributed by atoms with E-state index in [1.165, 1.54) is 31.2 Å². The van der Waals surface area contributed by atoms with Gasteiger partial charge in [0.2, 0.25) is 5.91 Å². The Kier molecular flexibility index (Phi) is 4.85. The van der Waals surface area contributed by atoms with E-state index >= 15 is 0 Å². The van der Waals surface area contributed by atoms with Gasteiger partial charge < -0.3 is 10.1 Å². The number of amides is 1. The minimum Gasteiger partial charge on any atom is -0.465 e. The van der Waals surface area contributed by atoms with Crippen LogP contribution in [0, 0.1) is 34.5 Å². The lowest BCUT2D eigenvalue weighted by molar-refractivity contribution is -0.140. The molecule has 5 heteroatoms. The molecule has 0 saturated heterocycles. The first-order valence-corrected chi connectivity index (χ1v) is 12.5. The van der Waals surface area contributed by atoms with E-state index in [0.717, 1.165) is 66.8 Å². The van der Waals surface area contributed by atoms with Crippen LogP contribution in [0.25, 0.3) is 0 Å². The third-order valence-electron chi connectivity index (χ3n) is 8.63. The number of anilines is 1. The molecule has 0 radical (unpaired) electrons. The molecular formula is C25H35NO3S. The Morgan fingerprint density at radius 3 is 2.20 bits per heavy atom. The number of hydrogen-bond donors (Lipinski definition) is 1. The molecule has 1 aromatic rings. The maximum Gasteiger partial charge on any atom is 0.341 e. The highest BCUT2D eigenvalue weighted by Gasteiger charge is 2.54. The molecule has 1 atom stereocenters. The van der Waals surface area contributed by atoms with E-state index < -0.39 is 0 Å². The Labute approximate surface area is 184 Å². The molecule has 4 nitrogen and oxygen atoms in total. The third kappa shape index (κ3) is 3.32. The molecule has 4 saturated carbocycles. The number of rotatable bonds is 3. The molecule has 5 aliphatic rings. The van der Waals surface area contributed by atoms with Gasteiger partial charge in [-0.2, -0.15) is 0 Å². The number of nitrogens with one attached hydrogen (secondary N) is 1. The molecule has 1 N–H and O–H groups in total. The summed E-state index contributed by atoms with van der Waals surface area (Å²) in [5, 5.41) is 4.01. The number of esters is 1. The summed E-state index contributed by atoms with van der Waals surface area (Å²) in [5.41, 5.74) is 1.78. The summed E-state index contributed by atoms with van der Waals surface area (Å²) in [6, 6.07) is 0. The van der Waals surface area contributed by atoms with Crippen LogP contribution in [0.4, 0.5) is 5.00 Å². The summed E-state index contributed by atoms with van der Waals surface area (Å²) in [5.74, 6) is 2.64.